The van der Waals surface area contributed by atoms with Crippen molar-refractivity contribution in [1.82, 2.24) is 0 Å². The van der Waals surface area contributed by atoms with Crippen LogP contribution in [0.3, 0.4) is 0 Å². The lowest BCUT2D eigenvalue weighted by Gasteiger charge is -2.34. The van der Waals surface area contributed by atoms with E-state index in [0.29, 0.717) is 4.83 Å². The molecule has 1 unspecified atom stereocenters. The molecule has 1 fully saturated rings. The quantitative estimate of drug-likeness (QED) is 0.547. The van der Waals surface area contributed by atoms with Crippen LogP contribution < -0.4 is 0 Å². The fourth-order valence-corrected chi connectivity index (χ4v) is 3.79. The highest BCUT2D eigenvalue weighted by molar-refractivity contribution is 9.09. The summed E-state index contributed by atoms with van der Waals surface area (Å²) in [5, 5.41) is 1.49. The summed E-state index contributed by atoms with van der Waals surface area (Å²) in [7, 11) is 0. The van der Waals surface area contributed by atoms with Crippen LogP contribution in [0.1, 0.15) is 36.2 Å². The maximum absolute atomic E-state index is 6.29. The molecule has 110 valence electrons. The van der Waals surface area contributed by atoms with Gasteiger partial charge in [-0.2, -0.15) is 0 Å². The van der Waals surface area contributed by atoms with Crippen molar-refractivity contribution < 1.29 is 4.74 Å². The van der Waals surface area contributed by atoms with Crippen molar-refractivity contribution in [3.63, 3.8) is 0 Å². The van der Waals surface area contributed by atoms with E-state index in [1.165, 1.54) is 0 Å². The van der Waals surface area contributed by atoms with Crippen molar-refractivity contribution in [3.8, 4) is 0 Å². The third kappa shape index (κ3) is 3.81. The van der Waals surface area contributed by atoms with Gasteiger partial charge >= 0.3 is 0 Å². The summed E-state index contributed by atoms with van der Waals surface area (Å²) in [6.07, 6.45) is 1.98. The Morgan fingerprint density at radius 1 is 0.857 bits per heavy atom. The molecule has 1 heterocycles. The van der Waals surface area contributed by atoms with Gasteiger partial charge in [0.05, 0.1) is 12.2 Å². The van der Waals surface area contributed by atoms with Gasteiger partial charge in [-0.3, -0.25) is 0 Å². The van der Waals surface area contributed by atoms with Crippen LogP contribution in [0.4, 0.5) is 0 Å². The lowest BCUT2D eigenvalue weighted by atomic mass is 9.95. The van der Waals surface area contributed by atoms with Gasteiger partial charge in [-0.1, -0.05) is 63.4 Å². The van der Waals surface area contributed by atoms with Gasteiger partial charge in [0.25, 0.3) is 0 Å². The van der Waals surface area contributed by atoms with E-state index < -0.39 is 0 Å². The summed E-state index contributed by atoms with van der Waals surface area (Å²) in [5.74, 6) is 0. The van der Waals surface area contributed by atoms with Crippen LogP contribution in [0.2, 0.25) is 10.0 Å². The van der Waals surface area contributed by atoms with Gasteiger partial charge < -0.3 is 4.74 Å². The molecule has 0 amide bonds. The zero-order valence-corrected chi connectivity index (χ0v) is 14.4. The van der Waals surface area contributed by atoms with Gasteiger partial charge in [0.2, 0.25) is 0 Å². The third-order valence-corrected chi connectivity index (χ3v) is 4.93. The minimum Gasteiger partial charge on any atom is -0.366 e. The fourth-order valence-electron chi connectivity index (χ4n) is 2.71. The van der Waals surface area contributed by atoms with E-state index in [9.17, 15) is 0 Å². The van der Waals surface area contributed by atoms with Crippen LogP contribution in [0.15, 0.2) is 48.5 Å². The monoisotopic (exact) mass is 384 g/mol. The fraction of sp³-hybridized carbons (Fsp3) is 0.294. The second kappa shape index (κ2) is 6.70. The van der Waals surface area contributed by atoms with Crippen LogP contribution >= 0.6 is 39.1 Å². The molecule has 0 aliphatic carbocycles. The highest BCUT2D eigenvalue weighted by Crippen LogP contribution is 2.42. The first-order chi connectivity index (χ1) is 10.1. The average molecular weight is 386 g/mol. The van der Waals surface area contributed by atoms with Crippen molar-refractivity contribution in [2.24, 2.45) is 0 Å². The van der Waals surface area contributed by atoms with Crippen molar-refractivity contribution in [1.29, 1.82) is 0 Å². The minimum absolute atomic E-state index is 0.0470. The normalized spacial score (nSPS) is 25.8. The Kier molecular flexibility index (Phi) is 4.90. The predicted octanol–water partition coefficient (Wildman–Crippen LogP) is 6.35. The van der Waals surface area contributed by atoms with Crippen molar-refractivity contribution in [3.05, 3.63) is 69.7 Å². The molecule has 1 aliphatic rings. The minimum atomic E-state index is 0.0470. The second-order valence-electron chi connectivity index (χ2n) is 5.29. The van der Waals surface area contributed by atoms with E-state index in [2.05, 4.69) is 28.1 Å². The maximum Gasteiger partial charge on any atom is 0.0844 e. The summed E-state index contributed by atoms with van der Waals surface area (Å²) in [6.45, 7) is 0. The molecule has 2 aromatic rings. The molecule has 0 bridgehead atoms. The van der Waals surface area contributed by atoms with Gasteiger partial charge in [0.1, 0.15) is 0 Å². The number of benzene rings is 2. The van der Waals surface area contributed by atoms with Crippen LogP contribution in [0, 0.1) is 0 Å². The van der Waals surface area contributed by atoms with E-state index in [-0.39, 0.29) is 12.2 Å². The summed E-state index contributed by atoms with van der Waals surface area (Å²) in [5.41, 5.74) is 2.25. The first-order valence-corrected chi connectivity index (χ1v) is 8.59. The molecule has 4 heteroatoms. The number of rotatable bonds is 2. The van der Waals surface area contributed by atoms with Crippen molar-refractivity contribution in [2.75, 3.05) is 0 Å². The zero-order chi connectivity index (χ0) is 14.8. The van der Waals surface area contributed by atoms with Crippen LogP contribution in [-0.4, -0.2) is 4.83 Å². The predicted molar refractivity (Wildman–Crippen MR) is 91.4 cm³/mol. The SMILES string of the molecule is Clc1cccc([C@@H]2CC(Br)C[C@H](c3cccc(Cl)c3)O2)c1. The van der Waals surface area contributed by atoms with Gasteiger partial charge in [-0.25, -0.2) is 0 Å². The molecule has 1 saturated heterocycles. The van der Waals surface area contributed by atoms with Gasteiger partial charge in [-0.05, 0) is 48.2 Å². The van der Waals surface area contributed by atoms with Gasteiger partial charge in [0.15, 0.2) is 0 Å². The molecule has 0 spiro atoms. The van der Waals surface area contributed by atoms with Gasteiger partial charge in [-0.15, -0.1) is 0 Å². The molecule has 0 saturated carbocycles. The van der Waals surface area contributed by atoms with E-state index in [0.717, 1.165) is 34.0 Å². The summed E-state index contributed by atoms with van der Waals surface area (Å²) < 4.78 is 6.29. The van der Waals surface area contributed by atoms with Crippen LogP contribution in [0.5, 0.6) is 0 Å². The molecule has 0 radical (unpaired) electrons. The summed E-state index contributed by atoms with van der Waals surface area (Å²) in [4.78, 5) is 0.416. The number of hydrogen-bond donors (Lipinski definition) is 0. The number of alkyl halides is 1. The molecular weight excluding hydrogens is 371 g/mol. The molecule has 0 aromatic heterocycles. The zero-order valence-electron chi connectivity index (χ0n) is 11.3. The highest BCUT2D eigenvalue weighted by atomic mass is 79.9. The molecule has 2 aromatic carbocycles. The van der Waals surface area contributed by atoms with Crippen molar-refractivity contribution >= 4 is 39.1 Å². The molecule has 3 atom stereocenters. The lowest BCUT2D eigenvalue weighted by molar-refractivity contribution is -0.0499. The standard InChI is InChI=1S/C17H15BrCl2O/c18-13-9-16(11-3-1-5-14(19)7-11)21-17(10-13)12-4-2-6-15(20)8-12/h1-8,13,16-17H,9-10H2/t13?,16-,17+. The van der Waals surface area contributed by atoms with Crippen LogP contribution in [0.25, 0.3) is 0 Å². The smallest absolute Gasteiger partial charge is 0.0844 e. The number of halogens is 3. The summed E-state index contributed by atoms with van der Waals surface area (Å²) in [6, 6.07) is 15.8. The number of hydrogen-bond acceptors (Lipinski definition) is 1. The third-order valence-electron chi connectivity index (χ3n) is 3.71. The second-order valence-corrected chi connectivity index (χ2v) is 7.46. The lowest BCUT2D eigenvalue weighted by Crippen LogP contribution is -2.23. The topological polar surface area (TPSA) is 9.23 Å². The van der Waals surface area contributed by atoms with E-state index >= 15 is 0 Å². The van der Waals surface area contributed by atoms with Gasteiger partial charge in [0, 0.05) is 14.9 Å². The van der Waals surface area contributed by atoms with E-state index in [4.69, 9.17) is 27.9 Å². The largest absolute Gasteiger partial charge is 0.366 e. The summed E-state index contributed by atoms with van der Waals surface area (Å²) >= 11 is 15.9. The molecule has 0 N–H and O–H groups in total. The van der Waals surface area contributed by atoms with Crippen LogP contribution in [-0.2, 0) is 4.74 Å². The molecule has 21 heavy (non-hydrogen) atoms. The Morgan fingerprint density at radius 2 is 1.33 bits per heavy atom. The Morgan fingerprint density at radius 3 is 1.76 bits per heavy atom. The maximum atomic E-state index is 6.29. The first-order valence-electron chi connectivity index (χ1n) is 6.92. The Balaban J connectivity index is 1.85. The molecule has 1 nitrogen and oxygen atoms in total. The number of ether oxygens (including phenoxy) is 1. The molecule has 1 aliphatic heterocycles. The molecular formula is C17H15BrCl2O. The Hall–Kier alpha value is -0.540. The van der Waals surface area contributed by atoms with E-state index in [1.807, 2.05) is 36.4 Å². The average Bonchev–Trinajstić information content (AvgIpc) is 2.46. The van der Waals surface area contributed by atoms with Crippen molar-refractivity contribution in [2.45, 2.75) is 29.9 Å². The first kappa shape index (κ1) is 15.4. The van der Waals surface area contributed by atoms with E-state index in [1.54, 1.807) is 0 Å². The Labute approximate surface area is 143 Å². The highest BCUT2D eigenvalue weighted by Gasteiger charge is 2.30. The Bertz CT molecular complexity index is 578. The molecule has 3 rings (SSSR count).